The average molecular weight is 276 g/mol. The fourth-order valence-corrected chi connectivity index (χ4v) is 2.43. The third-order valence-corrected chi connectivity index (χ3v) is 3.54. The van der Waals surface area contributed by atoms with Crippen molar-refractivity contribution in [3.63, 3.8) is 0 Å². The lowest BCUT2D eigenvalue weighted by Gasteiger charge is -2.06. The average Bonchev–Trinajstić information content (AvgIpc) is 2.82. The Morgan fingerprint density at radius 1 is 1.37 bits per heavy atom. The highest BCUT2D eigenvalue weighted by Gasteiger charge is 2.09. The molecule has 0 atom stereocenters. The molecule has 1 amide bonds. The van der Waals surface area contributed by atoms with E-state index in [4.69, 9.17) is 0 Å². The SMILES string of the molecule is CCNc1cncc(C(=O)NCc2cscc2C)n1. The number of anilines is 1. The van der Waals surface area contributed by atoms with Crippen molar-refractivity contribution in [2.45, 2.75) is 20.4 Å². The van der Waals surface area contributed by atoms with Gasteiger partial charge >= 0.3 is 0 Å². The molecular weight excluding hydrogens is 260 g/mol. The van der Waals surface area contributed by atoms with Gasteiger partial charge in [0.05, 0.1) is 12.4 Å². The highest BCUT2D eigenvalue weighted by molar-refractivity contribution is 7.08. The van der Waals surface area contributed by atoms with Crippen LogP contribution in [0.15, 0.2) is 23.2 Å². The van der Waals surface area contributed by atoms with Crippen molar-refractivity contribution in [1.29, 1.82) is 0 Å². The smallest absolute Gasteiger partial charge is 0.271 e. The van der Waals surface area contributed by atoms with E-state index in [1.54, 1.807) is 17.5 Å². The maximum atomic E-state index is 12.0. The largest absolute Gasteiger partial charge is 0.369 e. The molecule has 0 radical (unpaired) electrons. The van der Waals surface area contributed by atoms with E-state index >= 15 is 0 Å². The van der Waals surface area contributed by atoms with Crippen molar-refractivity contribution < 1.29 is 4.79 Å². The van der Waals surface area contributed by atoms with Gasteiger partial charge in [0, 0.05) is 13.1 Å². The number of carbonyl (C=O) groups excluding carboxylic acids is 1. The number of hydrogen-bond donors (Lipinski definition) is 2. The summed E-state index contributed by atoms with van der Waals surface area (Å²) in [5.41, 5.74) is 2.65. The second-order valence-electron chi connectivity index (χ2n) is 4.08. The second-order valence-corrected chi connectivity index (χ2v) is 4.83. The van der Waals surface area contributed by atoms with Gasteiger partial charge in [0.1, 0.15) is 11.5 Å². The van der Waals surface area contributed by atoms with Gasteiger partial charge in [-0.15, -0.1) is 0 Å². The fourth-order valence-electron chi connectivity index (χ4n) is 1.58. The summed E-state index contributed by atoms with van der Waals surface area (Å²) in [4.78, 5) is 20.2. The molecule has 2 N–H and O–H groups in total. The first kappa shape index (κ1) is 13.5. The van der Waals surface area contributed by atoms with Crippen molar-refractivity contribution in [2.75, 3.05) is 11.9 Å². The molecule has 0 saturated carbocycles. The lowest BCUT2D eigenvalue weighted by Crippen LogP contribution is -2.24. The molecule has 0 bridgehead atoms. The van der Waals surface area contributed by atoms with Crippen LogP contribution in [-0.2, 0) is 6.54 Å². The Balaban J connectivity index is 2.00. The van der Waals surface area contributed by atoms with Gasteiger partial charge in [-0.1, -0.05) is 0 Å². The molecule has 0 aliphatic rings. The van der Waals surface area contributed by atoms with E-state index in [2.05, 4.69) is 26.0 Å². The molecule has 5 nitrogen and oxygen atoms in total. The molecule has 100 valence electrons. The summed E-state index contributed by atoms with van der Waals surface area (Å²) in [6.07, 6.45) is 3.07. The topological polar surface area (TPSA) is 66.9 Å². The van der Waals surface area contributed by atoms with Gasteiger partial charge in [0.25, 0.3) is 5.91 Å². The lowest BCUT2D eigenvalue weighted by molar-refractivity contribution is 0.0945. The Morgan fingerprint density at radius 3 is 2.89 bits per heavy atom. The van der Waals surface area contributed by atoms with Crippen LogP contribution in [0.25, 0.3) is 0 Å². The summed E-state index contributed by atoms with van der Waals surface area (Å²) >= 11 is 1.63. The molecule has 0 aromatic carbocycles. The molecule has 2 heterocycles. The van der Waals surface area contributed by atoms with Crippen molar-refractivity contribution >= 4 is 23.1 Å². The Morgan fingerprint density at radius 2 is 2.21 bits per heavy atom. The Hall–Kier alpha value is -1.95. The highest BCUT2D eigenvalue weighted by Crippen LogP contribution is 2.13. The first-order valence-corrected chi connectivity index (χ1v) is 7.00. The highest BCUT2D eigenvalue weighted by atomic mass is 32.1. The minimum Gasteiger partial charge on any atom is -0.369 e. The summed E-state index contributed by atoms with van der Waals surface area (Å²) in [5.74, 6) is 0.403. The Labute approximate surface area is 116 Å². The molecule has 0 aliphatic carbocycles. The number of rotatable bonds is 5. The van der Waals surface area contributed by atoms with Crippen molar-refractivity contribution in [3.8, 4) is 0 Å². The second kappa shape index (κ2) is 6.29. The standard InChI is InChI=1S/C13H16N4OS/c1-3-15-12-6-14-5-11(17-12)13(18)16-4-10-8-19-7-9(10)2/h5-8H,3-4H2,1-2H3,(H,15,17)(H,16,18). The van der Waals surface area contributed by atoms with Crippen molar-refractivity contribution in [1.82, 2.24) is 15.3 Å². The summed E-state index contributed by atoms with van der Waals surface area (Å²) in [7, 11) is 0. The number of nitrogens with zero attached hydrogens (tertiary/aromatic N) is 2. The van der Waals surface area contributed by atoms with Crippen LogP contribution in [-0.4, -0.2) is 22.4 Å². The van der Waals surface area contributed by atoms with Gasteiger partial charge in [0.2, 0.25) is 0 Å². The number of aryl methyl sites for hydroxylation is 1. The third-order valence-electron chi connectivity index (χ3n) is 2.63. The fraction of sp³-hybridized carbons (Fsp3) is 0.308. The monoisotopic (exact) mass is 276 g/mol. The van der Waals surface area contributed by atoms with E-state index in [0.29, 0.717) is 18.1 Å². The van der Waals surface area contributed by atoms with E-state index in [1.807, 2.05) is 19.2 Å². The van der Waals surface area contributed by atoms with Gasteiger partial charge in [-0.2, -0.15) is 11.3 Å². The summed E-state index contributed by atoms with van der Waals surface area (Å²) < 4.78 is 0. The maximum absolute atomic E-state index is 12.0. The molecule has 19 heavy (non-hydrogen) atoms. The number of hydrogen-bond acceptors (Lipinski definition) is 5. The predicted molar refractivity (Wildman–Crippen MR) is 76.4 cm³/mol. The number of amides is 1. The first-order chi connectivity index (χ1) is 9.20. The number of carbonyl (C=O) groups is 1. The zero-order valence-electron chi connectivity index (χ0n) is 10.9. The van der Waals surface area contributed by atoms with Crippen LogP contribution in [0.1, 0.15) is 28.5 Å². The summed E-state index contributed by atoms with van der Waals surface area (Å²) in [6.45, 7) is 5.26. The lowest BCUT2D eigenvalue weighted by atomic mass is 10.2. The molecule has 0 fully saturated rings. The number of aromatic nitrogens is 2. The van der Waals surface area contributed by atoms with Crippen LogP contribution in [0.5, 0.6) is 0 Å². The maximum Gasteiger partial charge on any atom is 0.271 e. The van der Waals surface area contributed by atoms with E-state index in [-0.39, 0.29) is 5.91 Å². The molecule has 2 aromatic heterocycles. The number of nitrogens with one attached hydrogen (secondary N) is 2. The molecule has 2 rings (SSSR count). The van der Waals surface area contributed by atoms with Crippen LogP contribution in [0.4, 0.5) is 5.82 Å². The first-order valence-electron chi connectivity index (χ1n) is 6.06. The van der Waals surface area contributed by atoms with Gasteiger partial charge in [-0.25, -0.2) is 4.98 Å². The molecule has 2 aromatic rings. The third kappa shape index (κ3) is 3.51. The van der Waals surface area contributed by atoms with Gasteiger partial charge in [-0.05, 0) is 35.7 Å². The summed E-state index contributed by atoms with van der Waals surface area (Å²) in [5, 5.41) is 9.98. The van der Waals surface area contributed by atoms with Crippen LogP contribution in [0.2, 0.25) is 0 Å². The van der Waals surface area contributed by atoms with Crippen molar-refractivity contribution in [2.24, 2.45) is 0 Å². The van der Waals surface area contributed by atoms with Crippen LogP contribution in [0, 0.1) is 6.92 Å². The number of thiophene rings is 1. The van der Waals surface area contributed by atoms with E-state index in [1.165, 1.54) is 11.8 Å². The Bertz CT molecular complexity index is 567. The van der Waals surface area contributed by atoms with Gasteiger partial charge in [-0.3, -0.25) is 9.78 Å². The van der Waals surface area contributed by atoms with Crippen LogP contribution in [0.3, 0.4) is 0 Å². The van der Waals surface area contributed by atoms with E-state index in [9.17, 15) is 4.79 Å². The van der Waals surface area contributed by atoms with E-state index < -0.39 is 0 Å². The molecule has 0 unspecified atom stereocenters. The zero-order chi connectivity index (χ0) is 13.7. The molecule has 0 saturated heterocycles. The van der Waals surface area contributed by atoms with Gasteiger partial charge in [0.15, 0.2) is 0 Å². The minimum absolute atomic E-state index is 0.210. The van der Waals surface area contributed by atoms with Gasteiger partial charge < -0.3 is 10.6 Å². The summed E-state index contributed by atoms with van der Waals surface area (Å²) in [6, 6.07) is 0. The minimum atomic E-state index is -0.210. The molecule has 0 spiro atoms. The molecule has 0 aliphatic heterocycles. The molecular formula is C13H16N4OS. The van der Waals surface area contributed by atoms with Crippen molar-refractivity contribution in [3.05, 3.63) is 40.0 Å². The van der Waals surface area contributed by atoms with E-state index in [0.717, 1.165) is 12.1 Å². The zero-order valence-corrected chi connectivity index (χ0v) is 11.8. The van der Waals surface area contributed by atoms with Crippen LogP contribution < -0.4 is 10.6 Å². The molecule has 6 heteroatoms. The Kier molecular flexibility index (Phi) is 4.46. The normalized spacial score (nSPS) is 10.2. The van der Waals surface area contributed by atoms with Crippen LogP contribution >= 0.6 is 11.3 Å². The predicted octanol–water partition coefficient (Wildman–Crippen LogP) is 2.21. The quantitative estimate of drug-likeness (QED) is 0.878.